The number of hydrogen-bond donors (Lipinski definition) is 0. The Morgan fingerprint density at radius 1 is 1.38 bits per heavy atom. The minimum absolute atomic E-state index is 0.258. The molecule has 1 aromatic rings. The van der Waals surface area contributed by atoms with Gasteiger partial charge < -0.3 is 0 Å². The van der Waals surface area contributed by atoms with E-state index >= 15 is 0 Å². The van der Waals surface area contributed by atoms with Crippen LogP contribution in [0.15, 0.2) is 12.1 Å². The molecule has 0 saturated carbocycles. The van der Waals surface area contributed by atoms with E-state index in [9.17, 15) is 4.39 Å². The van der Waals surface area contributed by atoms with E-state index in [0.29, 0.717) is 5.92 Å². The lowest BCUT2D eigenvalue weighted by atomic mass is 9.85. The lowest BCUT2D eigenvalue weighted by Crippen LogP contribution is -2.11. The van der Waals surface area contributed by atoms with Crippen molar-refractivity contribution in [2.45, 2.75) is 26.2 Å². The van der Waals surface area contributed by atoms with E-state index in [1.165, 1.54) is 12.0 Å². The fourth-order valence-corrected chi connectivity index (χ4v) is 2.12. The topological polar surface area (TPSA) is 0 Å². The fourth-order valence-electron chi connectivity index (χ4n) is 1.93. The molecule has 0 fully saturated rings. The van der Waals surface area contributed by atoms with Gasteiger partial charge in [-0.3, -0.25) is 0 Å². The van der Waals surface area contributed by atoms with Crippen molar-refractivity contribution in [3.8, 4) is 0 Å². The standard InChI is InChI=1S/C11H12ClF/c1-7-2-3-8-5-10(12)11(13)6-9(8)4-7/h5-7H,2-4H2,1H3. The van der Waals surface area contributed by atoms with E-state index in [-0.39, 0.29) is 10.8 Å². The van der Waals surface area contributed by atoms with Crippen molar-refractivity contribution in [1.29, 1.82) is 0 Å². The summed E-state index contributed by atoms with van der Waals surface area (Å²) in [6, 6.07) is 3.37. The smallest absolute Gasteiger partial charge is 0.142 e. The quantitative estimate of drug-likeness (QED) is 0.598. The molecule has 1 unspecified atom stereocenters. The van der Waals surface area contributed by atoms with Gasteiger partial charge in [0.1, 0.15) is 5.82 Å². The van der Waals surface area contributed by atoms with Gasteiger partial charge in [0.15, 0.2) is 0 Å². The van der Waals surface area contributed by atoms with Gasteiger partial charge in [-0.1, -0.05) is 18.5 Å². The molecule has 13 heavy (non-hydrogen) atoms. The maximum absolute atomic E-state index is 13.1. The zero-order chi connectivity index (χ0) is 9.42. The molecule has 0 radical (unpaired) electrons. The van der Waals surface area contributed by atoms with Crippen LogP contribution in [0.4, 0.5) is 4.39 Å². The summed E-state index contributed by atoms with van der Waals surface area (Å²) in [6.07, 6.45) is 3.22. The molecule has 0 aromatic heterocycles. The van der Waals surface area contributed by atoms with Gasteiger partial charge in [-0.05, 0) is 48.4 Å². The van der Waals surface area contributed by atoms with Crippen molar-refractivity contribution in [1.82, 2.24) is 0 Å². The zero-order valence-electron chi connectivity index (χ0n) is 7.61. The Morgan fingerprint density at radius 2 is 2.15 bits per heavy atom. The Balaban J connectivity index is 2.43. The minimum Gasteiger partial charge on any atom is -0.205 e. The summed E-state index contributed by atoms with van der Waals surface area (Å²) in [5.74, 6) is 0.391. The van der Waals surface area contributed by atoms with E-state index in [0.717, 1.165) is 18.4 Å². The SMILES string of the molecule is CC1CCc2cc(Cl)c(F)cc2C1. The molecule has 1 aliphatic carbocycles. The largest absolute Gasteiger partial charge is 0.205 e. The highest BCUT2D eigenvalue weighted by molar-refractivity contribution is 6.30. The number of aryl methyl sites for hydroxylation is 1. The second-order valence-electron chi connectivity index (χ2n) is 3.88. The van der Waals surface area contributed by atoms with Gasteiger partial charge in [-0.2, -0.15) is 0 Å². The first-order valence-corrected chi connectivity index (χ1v) is 5.01. The Morgan fingerprint density at radius 3 is 2.92 bits per heavy atom. The maximum atomic E-state index is 13.1. The van der Waals surface area contributed by atoms with E-state index in [4.69, 9.17) is 11.6 Å². The molecule has 0 saturated heterocycles. The number of rotatable bonds is 0. The molecule has 1 atom stereocenters. The van der Waals surface area contributed by atoms with Crippen molar-refractivity contribution in [3.63, 3.8) is 0 Å². The van der Waals surface area contributed by atoms with Gasteiger partial charge in [0, 0.05) is 0 Å². The molecule has 1 aromatic carbocycles. The summed E-state index contributed by atoms with van der Waals surface area (Å²) < 4.78 is 13.1. The molecule has 2 heteroatoms. The highest BCUT2D eigenvalue weighted by Gasteiger charge is 2.16. The third kappa shape index (κ3) is 1.71. The van der Waals surface area contributed by atoms with Crippen LogP contribution in [0, 0.1) is 11.7 Å². The second kappa shape index (κ2) is 3.30. The normalized spacial score (nSPS) is 21.3. The Kier molecular flexibility index (Phi) is 2.29. The van der Waals surface area contributed by atoms with Crippen LogP contribution in [-0.4, -0.2) is 0 Å². The van der Waals surface area contributed by atoms with Crippen molar-refractivity contribution < 1.29 is 4.39 Å². The summed E-state index contributed by atoms with van der Waals surface area (Å²) in [7, 11) is 0. The highest BCUT2D eigenvalue weighted by atomic mass is 35.5. The molecule has 0 amide bonds. The molecule has 70 valence electrons. The van der Waals surface area contributed by atoms with Crippen LogP contribution in [-0.2, 0) is 12.8 Å². The molecule has 0 spiro atoms. The average molecular weight is 199 g/mol. The summed E-state index contributed by atoms with van der Waals surface area (Å²) in [5.41, 5.74) is 2.37. The zero-order valence-corrected chi connectivity index (χ0v) is 8.37. The Hall–Kier alpha value is -0.560. The highest BCUT2D eigenvalue weighted by Crippen LogP contribution is 2.29. The van der Waals surface area contributed by atoms with Crippen molar-refractivity contribution in [2.75, 3.05) is 0 Å². The third-order valence-corrected chi connectivity index (χ3v) is 3.01. The van der Waals surface area contributed by atoms with Gasteiger partial charge in [0.2, 0.25) is 0 Å². The van der Waals surface area contributed by atoms with Crippen LogP contribution in [0.25, 0.3) is 0 Å². The number of benzene rings is 1. The molecule has 1 aliphatic rings. The monoisotopic (exact) mass is 198 g/mol. The van der Waals surface area contributed by atoms with E-state index in [1.807, 2.05) is 0 Å². The predicted octanol–water partition coefficient (Wildman–Crippen LogP) is 3.60. The number of hydrogen-bond acceptors (Lipinski definition) is 0. The van der Waals surface area contributed by atoms with E-state index < -0.39 is 0 Å². The van der Waals surface area contributed by atoms with Gasteiger partial charge in [0.25, 0.3) is 0 Å². The third-order valence-electron chi connectivity index (χ3n) is 2.72. The molecular weight excluding hydrogens is 187 g/mol. The first-order chi connectivity index (χ1) is 6.16. The fraction of sp³-hybridized carbons (Fsp3) is 0.455. The predicted molar refractivity (Wildman–Crippen MR) is 52.6 cm³/mol. The Bertz CT molecular complexity index is 333. The average Bonchev–Trinajstić information content (AvgIpc) is 2.08. The van der Waals surface area contributed by atoms with Crippen LogP contribution in [0.1, 0.15) is 24.5 Å². The first kappa shape index (κ1) is 9.01. The molecule has 0 aliphatic heterocycles. The lowest BCUT2D eigenvalue weighted by molar-refractivity contribution is 0.497. The maximum Gasteiger partial charge on any atom is 0.142 e. The molecule has 0 heterocycles. The number of fused-ring (bicyclic) bond motifs is 1. The summed E-state index contributed by atoms with van der Waals surface area (Å²) in [6.45, 7) is 2.20. The van der Waals surface area contributed by atoms with E-state index in [2.05, 4.69) is 6.92 Å². The van der Waals surface area contributed by atoms with Crippen LogP contribution >= 0.6 is 11.6 Å². The van der Waals surface area contributed by atoms with Crippen molar-refractivity contribution in [2.24, 2.45) is 5.92 Å². The summed E-state index contributed by atoms with van der Waals surface area (Å²) >= 11 is 5.71. The van der Waals surface area contributed by atoms with Crippen molar-refractivity contribution >= 4 is 11.6 Å². The lowest BCUT2D eigenvalue weighted by Gasteiger charge is -2.21. The van der Waals surface area contributed by atoms with Crippen LogP contribution in [0.3, 0.4) is 0 Å². The van der Waals surface area contributed by atoms with Gasteiger partial charge >= 0.3 is 0 Å². The molecule has 0 N–H and O–H groups in total. The van der Waals surface area contributed by atoms with Gasteiger partial charge in [-0.15, -0.1) is 0 Å². The molecule has 0 bridgehead atoms. The summed E-state index contributed by atoms with van der Waals surface area (Å²) in [5, 5.41) is 0.258. The minimum atomic E-state index is -0.283. The molecular formula is C11H12ClF. The Labute approximate surface area is 82.7 Å². The van der Waals surface area contributed by atoms with Crippen LogP contribution in [0.5, 0.6) is 0 Å². The van der Waals surface area contributed by atoms with Crippen molar-refractivity contribution in [3.05, 3.63) is 34.1 Å². The molecule has 2 rings (SSSR count). The first-order valence-electron chi connectivity index (χ1n) is 4.63. The van der Waals surface area contributed by atoms with Gasteiger partial charge in [-0.25, -0.2) is 4.39 Å². The summed E-state index contributed by atoms with van der Waals surface area (Å²) in [4.78, 5) is 0. The van der Waals surface area contributed by atoms with E-state index in [1.54, 1.807) is 12.1 Å². The van der Waals surface area contributed by atoms with Gasteiger partial charge in [0.05, 0.1) is 5.02 Å². The number of halogens is 2. The second-order valence-corrected chi connectivity index (χ2v) is 4.29. The van der Waals surface area contributed by atoms with Crippen LogP contribution < -0.4 is 0 Å². The van der Waals surface area contributed by atoms with Crippen LogP contribution in [0.2, 0.25) is 5.02 Å². The molecule has 0 nitrogen and oxygen atoms in total.